The van der Waals surface area contributed by atoms with Crippen molar-refractivity contribution in [2.45, 2.75) is 33.2 Å². The average molecular weight is 594 g/mol. The van der Waals surface area contributed by atoms with E-state index in [1.54, 1.807) is 17.4 Å². The summed E-state index contributed by atoms with van der Waals surface area (Å²) in [5, 5.41) is 3.53. The van der Waals surface area contributed by atoms with Crippen molar-refractivity contribution >= 4 is 26.9 Å². The molecule has 224 valence electrons. The number of ether oxygens (including phenoxy) is 2. The second-order valence-corrected chi connectivity index (χ2v) is 13.2. The zero-order chi connectivity index (χ0) is 29.3. The number of aromatic nitrogens is 4. The second-order valence-electron chi connectivity index (χ2n) is 10.9. The lowest BCUT2D eigenvalue weighted by Gasteiger charge is -2.26. The molecule has 0 bridgehead atoms. The Morgan fingerprint density at radius 1 is 1.12 bits per heavy atom. The first-order valence-corrected chi connectivity index (χ1v) is 16.2. The summed E-state index contributed by atoms with van der Waals surface area (Å²) >= 11 is 0. The topological polar surface area (TPSA) is 118 Å². The van der Waals surface area contributed by atoms with E-state index in [2.05, 4.69) is 56.8 Å². The number of sulfonamides is 1. The van der Waals surface area contributed by atoms with E-state index < -0.39 is 10.0 Å². The minimum atomic E-state index is -3.19. The predicted octanol–water partition coefficient (Wildman–Crippen LogP) is 3.58. The van der Waals surface area contributed by atoms with Gasteiger partial charge in [0.2, 0.25) is 10.0 Å². The molecule has 0 aliphatic carbocycles. The Bertz CT molecular complexity index is 1640. The van der Waals surface area contributed by atoms with Crippen molar-refractivity contribution < 1.29 is 17.9 Å². The first kappa shape index (κ1) is 28.7. The van der Waals surface area contributed by atoms with Crippen LogP contribution in [-0.4, -0.2) is 101 Å². The summed E-state index contributed by atoms with van der Waals surface area (Å²) in [5.74, 6) is 1.72. The number of morpholine rings is 1. The van der Waals surface area contributed by atoms with Crippen LogP contribution in [0.15, 0.2) is 42.6 Å². The smallest absolute Gasteiger partial charge is 0.213 e. The van der Waals surface area contributed by atoms with Crippen molar-refractivity contribution in [3.8, 4) is 22.8 Å². The Kier molecular flexibility index (Phi) is 8.22. The van der Waals surface area contributed by atoms with Gasteiger partial charge in [0.15, 0.2) is 5.65 Å². The lowest BCUT2D eigenvalue weighted by Crippen LogP contribution is -2.38. The number of fused-ring (bicyclic) bond motifs is 1. The van der Waals surface area contributed by atoms with Crippen LogP contribution in [0.3, 0.4) is 0 Å². The van der Waals surface area contributed by atoms with Gasteiger partial charge in [0, 0.05) is 67.6 Å². The molecule has 0 saturated carbocycles. The number of nitrogens with one attached hydrogen (secondary N) is 2. The number of hydrogen-bond donors (Lipinski definition) is 2. The maximum atomic E-state index is 12.3. The van der Waals surface area contributed by atoms with E-state index in [1.807, 2.05) is 18.2 Å². The fourth-order valence-electron chi connectivity index (χ4n) is 5.87. The number of benzene rings is 1. The molecule has 0 radical (unpaired) electrons. The Morgan fingerprint density at radius 3 is 2.67 bits per heavy atom. The summed E-state index contributed by atoms with van der Waals surface area (Å²) in [6.07, 6.45) is 2.49. The molecule has 3 aromatic heterocycles. The zero-order valence-electron chi connectivity index (χ0n) is 24.5. The van der Waals surface area contributed by atoms with Crippen LogP contribution in [0.25, 0.3) is 28.2 Å². The number of aromatic amines is 1. The number of nitrogens with zero attached hydrogens (tertiary/aromatic N) is 5. The van der Waals surface area contributed by atoms with Gasteiger partial charge in [-0.1, -0.05) is 0 Å². The molecule has 12 heteroatoms. The average Bonchev–Trinajstić information content (AvgIpc) is 3.72. The van der Waals surface area contributed by atoms with Crippen molar-refractivity contribution in [1.82, 2.24) is 28.7 Å². The minimum Gasteiger partial charge on any atom is -0.492 e. The fourth-order valence-corrected chi connectivity index (χ4v) is 7.02. The Hall–Kier alpha value is -3.45. The SMILES string of the molecule is CCS(=O)(=O)N1CC[C@H](Nc2ccnc3nc(-c4cc(C)n(-c5ccc(OCCN6CCOCC6)cc5)c4C)[nH]c23)C1. The summed E-state index contributed by atoms with van der Waals surface area (Å²) in [6, 6.07) is 12.3. The highest BCUT2D eigenvalue weighted by molar-refractivity contribution is 7.89. The van der Waals surface area contributed by atoms with Crippen LogP contribution in [0, 0.1) is 13.8 Å². The Morgan fingerprint density at radius 2 is 1.90 bits per heavy atom. The number of rotatable bonds is 10. The van der Waals surface area contributed by atoms with Gasteiger partial charge in [-0.2, -0.15) is 4.31 Å². The molecule has 2 fully saturated rings. The van der Waals surface area contributed by atoms with E-state index in [0.717, 1.165) is 84.7 Å². The maximum Gasteiger partial charge on any atom is 0.213 e. The van der Waals surface area contributed by atoms with Gasteiger partial charge in [-0.05, 0) is 63.6 Å². The summed E-state index contributed by atoms with van der Waals surface area (Å²) in [7, 11) is -3.19. The Balaban J connectivity index is 1.17. The molecule has 2 N–H and O–H groups in total. The molecule has 11 nitrogen and oxygen atoms in total. The Labute approximate surface area is 246 Å². The van der Waals surface area contributed by atoms with E-state index in [0.29, 0.717) is 25.3 Å². The van der Waals surface area contributed by atoms with Crippen LogP contribution >= 0.6 is 0 Å². The molecule has 1 aromatic carbocycles. The summed E-state index contributed by atoms with van der Waals surface area (Å²) < 4.78 is 39.8. The normalized spacial score (nSPS) is 18.6. The van der Waals surface area contributed by atoms with Crippen LogP contribution in [0.1, 0.15) is 24.7 Å². The van der Waals surface area contributed by atoms with Gasteiger partial charge in [0.1, 0.15) is 23.7 Å². The minimum absolute atomic E-state index is 0.0278. The van der Waals surface area contributed by atoms with Gasteiger partial charge in [-0.25, -0.2) is 18.4 Å². The molecule has 2 saturated heterocycles. The zero-order valence-corrected chi connectivity index (χ0v) is 25.3. The largest absolute Gasteiger partial charge is 0.492 e. The van der Waals surface area contributed by atoms with Gasteiger partial charge >= 0.3 is 0 Å². The van der Waals surface area contributed by atoms with Crippen LogP contribution in [-0.2, 0) is 14.8 Å². The molecule has 0 spiro atoms. The monoisotopic (exact) mass is 593 g/mol. The van der Waals surface area contributed by atoms with E-state index in [9.17, 15) is 8.42 Å². The number of hydrogen-bond acceptors (Lipinski definition) is 8. The molecule has 2 aliphatic heterocycles. The highest BCUT2D eigenvalue weighted by Gasteiger charge is 2.30. The standard InChI is InChI=1S/C30H39N7O4S/c1-4-42(38,39)36-12-10-23(20-36)32-27-9-11-31-30-28(27)33-29(34-30)26-19-21(2)37(22(26)3)24-5-7-25(8-6-24)41-18-15-35-13-16-40-17-14-35/h5-9,11,19,23H,4,10,12-18,20H2,1-3H3,(H2,31,32,33,34)/t23-/m0/s1. The van der Waals surface area contributed by atoms with Crippen molar-refractivity contribution in [2.24, 2.45) is 0 Å². The van der Waals surface area contributed by atoms with Gasteiger partial charge < -0.3 is 24.3 Å². The van der Waals surface area contributed by atoms with E-state index >= 15 is 0 Å². The number of H-pyrrole nitrogens is 1. The lowest BCUT2D eigenvalue weighted by atomic mass is 10.2. The molecule has 6 rings (SSSR count). The van der Waals surface area contributed by atoms with Gasteiger partial charge in [0.05, 0.1) is 24.7 Å². The summed E-state index contributed by atoms with van der Waals surface area (Å²) in [4.78, 5) is 15.2. The molecule has 0 unspecified atom stereocenters. The molecule has 2 aliphatic rings. The van der Waals surface area contributed by atoms with Crippen molar-refractivity contribution in [3.05, 3.63) is 54.0 Å². The number of pyridine rings is 1. The van der Waals surface area contributed by atoms with Crippen molar-refractivity contribution in [1.29, 1.82) is 0 Å². The van der Waals surface area contributed by atoms with Gasteiger partial charge in [-0.3, -0.25) is 4.90 Å². The van der Waals surface area contributed by atoms with E-state index in [-0.39, 0.29) is 11.8 Å². The molecular weight excluding hydrogens is 554 g/mol. The van der Waals surface area contributed by atoms with Crippen molar-refractivity contribution in [2.75, 3.05) is 63.6 Å². The third-order valence-electron chi connectivity index (χ3n) is 8.22. The van der Waals surface area contributed by atoms with E-state index in [1.165, 1.54) is 0 Å². The first-order chi connectivity index (χ1) is 20.3. The summed E-state index contributed by atoms with van der Waals surface area (Å²) in [6.45, 7) is 11.9. The lowest BCUT2D eigenvalue weighted by molar-refractivity contribution is 0.0322. The third-order valence-corrected chi connectivity index (χ3v) is 10.1. The predicted molar refractivity (Wildman–Crippen MR) is 164 cm³/mol. The van der Waals surface area contributed by atoms with E-state index in [4.69, 9.17) is 14.5 Å². The number of aryl methyl sites for hydroxylation is 1. The van der Waals surface area contributed by atoms with Crippen LogP contribution in [0.2, 0.25) is 0 Å². The number of anilines is 1. The molecule has 1 atom stereocenters. The number of imidazole rings is 1. The maximum absolute atomic E-state index is 12.3. The molecular formula is C30H39N7O4S. The quantitative estimate of drug-likeness (QED) is 0.287. The first-order valence-electron chi connectivity index (χ1n) is 14.6. The van der Waals surface area contributed by atoms with Crippen LogP contribution < -0.4 is 10.1 Å². The summed E-state index contributed by atoms with van der Waals surface area (Å²) in [5.41, 5.74) is 6.53. The van der Waals surface area contributed by atoms with Crippen molar-refractivity contribution in [3.63, 3.8) is 0 Å². The molecule has 4 aromatic rings. The second kappa shape index (κ2) is 12.0. The van der Waals surface area contributed by atoms with Gasteiger partial charge in [0.25, 0.3) is 0 Å². The highest BCUT2D eigenvalue weighted by atomic mass is 32.2. The van der Waals surface area contributed by atoms with Crippen LogP contribution in [0.4, 0.5) is 5.69 Å². The molecule has 5 heterocycles. The molecule has 42 heavy (non-hydrogen) atoms. The van der Waals surface area contributed by atoms with Crippen LogP contribution in [0.5, 0.6) is 5.75 Å². The third kappa shape index (κ3) is 5.89. The fraction of sp³-hybridized carbons (Fsp3) is 0.467. The van der Waals surface area contributed by atoms with Gasteiger partial charge in [-0.15, -0.1) is 0 Å². The molecule has 0 amide bonds. The highest BCUT2D eigenvalue weighted by Crippen LogP contribution is 2.31.